The fourth-order valence-corrected chi connectivity index (χ4v) is 1.46. The molecule has 0 bridgehead atoms. The molecule has 0 saturated heterocycles. The van der Waals surface area contributed by atoms with E-state index in [2.05, 4.69) is 17.6 Å². The van der Waals surface area contributed by atoms with E-state index in [0.29, 0.717) is 5.69 Å². The molecule has 0 radical (unpaired) electrons. The van der Waals surface area contributed by atoms with Crippen molar-refractivity contribution in [2.75, 3.05) is 11.1 Å². The lowest BCUT2D eigenvalue weighted by atomic mass is 10.2. The van der Waals surface area contributed by atoms with E-state index in [9.17, 15) is 4.79 Å². The summed E-state index contributed by atoms with van der Waals surface area (Å²) in [5, 5.41) is 5.62. The Morgan fingerprint density at radius 2 is 2.00 bits per heavy atom. The van der Waals surface area contributed by atoms with Crippen molar-refractivity contribution in [2.24, 2.45) is 0 Å². The van der Waals surface area contributed by atoms with Gasteiger partial charge in [0.1, 0.15) is 0 Å². The molecule has 1 unspecified atom stereocenters. The Labute approximate surface area is 96.2 Å². The topological polar surface area (TPSA) is 67.2 Å². The van der Waals surface area contributed by atoms with Crippen LogP contribution in [0.4, 0.5) is 16.2 Å². The van der Waals surface area contributed by atoms with Gasteiger partial charge in [-0.05, 0) is 37.6 Å². The van der Waals surface area contributed by atoms with Gasteiger partial charge in [-0.1, -0.05) is 13.3 Å². The molecular weight excluding hydrogens is 202 g/mol. The number of nitrogens with two attached hydrogens (primary N) is 1. The summed E-state index contributed by atoms with van der Waals surface area (Å²) in [5.74, 6) is 0. The quantitative estimate of drug-likeness (QED) is 0.684. The Morgan fingerprint density at radius 3 is 2.56 bits per heavy atom. The maximum Gasteiger partial charge on any atom is 0.319 e. The number of nitrogens with one attached hydrogen (secondary N) is 2. The molecule has 0 heterocycles. The summed E-state index contributed by atoms with van der Waals surface area (Å²) in [6.07, 6.45) is 2.04. The van der Waals surface area contributed by atoms with E-state index in [1.165, 1.54) is 0 Å². The number of nitrogen functional groups attached to an aromatic ring is 1. The van der Waals surface area contributed by atoms with Gasteiger partial charge in [0.05, 0.1) is 0 Å². The van der Waals surface area contributed by atoms with Crippen LogP contribution in [0.2, 0.25) is 0 Å². The summed E-state index contributed by atoms with van der Waals surface area (Å²) in [4.78, 5) is 11.5. The van der Waals surface area contributed by atoms with Crippen molar-refractivity contribution < 1.29 is 4.79 Å². The standard InChI is InChI=1S/C12H19N3O/c1-3-4-9(2)14-12(16)15-11-7-5-10(13)6-8-11/h5-9H,3-4,13H2,1-2H3,(H2,14,15,16). The molecule has 1 aromatic rings. The number of carbonyl (C=O) groups excluding carboxylic acids is 1. The zero-order valence-electron chi connectivity index (χ0n) is 9.79. The van der Waals surface area contributed by atoms with Gasteiger partial charge in [0.25, 0.3) is 0 Å². The van der Waals surface area contributed by atoms with Gasteiger partial charge in [-0.2, -0.15) is 0 Å². The molecule has 0 aliphatic carbocycles. The van der Waals surface area contributed by atoms with Crippen molar-refractivity contribution >= 4 is 17.4 Å². The third-order valence-corrected chi connectivity index (χ3v) is 2.27. The highest BCUT2D eigenvalue weighted by Crippen LogP contribution is 2.10. The van der Waals surface area contributed by atoms with Gasteiger partial charge in [0.2, 0.25) is 0 Å². The predicted molar refractivity (Wildman–Crippen MR) is 67.4 cm³/mol. The van der Waals surface area contributed by atoms with Crippen LogP contribution in [-0.4, -0.2) is 12.1 Å². The van der Waals surface area contributed by atoms with Gasteiger partial charge >= 0.3 is 6.03 Å². The average molecular weight is 221 g/mol. The summed E-state index contributed by atoms with van der Waals surface area (Å²) in [6, 6.07) is 7.08. The minimum absolute atomic E-state index is 0.175. The Kier molecular flexibility index (Phi) is 4.64. The zero-order valence-corrected chi connectivity index (χ0v) is 9.79. The number of rotatable bonds is 4. The smallest absolute Gasteiger partial charge is 0.319 e. The largest absolute Gasteiger partial charge is 0.399 e. The van der Waals surface area contributed by atoms with Crippen LogP contribution in [0.3, 0.4) is 0 Å². The molecular formula is C12H19N3O. The summed E-state index contributed by atoms with van der Waals surface area (Å²) < 4.78 is 0. The van der Waals surface area contributed by atoms with Gasteiger partial charge in [-0.3, -0.25) is 0 Å². The third kappa shape index (κ3) is 4.21. The molecule has 1 rings (SSSR count). The zero-order chi connectivity index (χ0) is 12.0. The van der Waals surface area contributed by atoms with Gasteiger partial charge in [-0.25, -0.2) is 4.79 Å². The van der Waals surface area contributed by atoms with Gasteiger partial charge in [0, 0.05) is 17.4 Å². The summed E-state index contributed by atoms with van der Waals surface area (Å²) in [5.41, 5.74) is 6.98. The minimum Gasteiger partial charge on any atom is -0.399 e. The third-order valence-electron chi connectivity index (χ3n) is 2.27. The van der Waals surface area contributed by atoms with E-state index in [4.69, 9.17) is 5.73 Å². The number of carbonyl (C=O) groups is 1. The highest BCUT2D eigenvalue weighted by molar-refractivity contribution is 5.89. The molecule has 4 nitrogen and oxygen atoms in total. The predicted octanol–water partition coefficient (Wildman–Crippen LogP) is 2.58. The number of benzene rings is 1. The van der Waals surface area contributed by atoms with Crippen molar-refractivity contribution in [3.8, 4) is 0 Å². The summed E-state index contributed by atoms with van der Waals surface area (Å²) in [6.45, 7) is 4.09. The van der Waals surface area contributed by atoms with Crippen LogP contribution in [-0.2, 0) is 0 Å². The van der Waals surface area contributed by atoms with Gasteiger partial charge < -0.3 is 16.4 Å². The van der Waals surface area contributed by atoms with Crippen molar-refractivity contribution in [1.29, 1.82) is 0 Å². The summed E-state index contributed by atoms with van der Waals surface area (Å²) in [7, 11) is 0. The Bertz CT molecular complexity index is 335. The van der Waals surface area contributed by atoms with E-state index in [1.54, 1.807) is 24.3 Å². The molecule has 0 spiro atoms. The molecule has 0 fully saturated rings. The second-order valence-electron chi connectivity index (χ2n) is 3.91. The molecule has 0 aliphatic heterocycles. The lowest BCUT2D eigenvalue weighted by Crippen LogP contribution is -2.35. The minimum atomic E-state index is -0.175. The SMILES string of the molecule is CCCC(C)NC(=O)Nc1ccc(N)cc1. The second kappa shape index (κ2) is 6.00. The molecule has 1 aromatic carbocycles. The molecule has 4 N–H and O–H groups in total. The highest BCUT2D eigenvalue weighted by Gasteiger charge is 2.05. The van der Waals surface area contributed by atoms with Crippen LogP contribution in [0.5, 0.6) is 0 Å². The molecule has 16 heavy (non-hydrogen) atoms. The first-order valence-corrected chi connectivity index (χ1v) is 5.55. The molecule has 1 atom stereocenters. The molecule has 0 aliphatic rings. The Hall–Kier alpha value is -1.71. The van der Waals surface area contributed by atoms with Crippen LogP contribution in [0, 0.1) is 0 Å². The van der Waals surface area contributed by atoms with Gasteiger partial charge in [-0.15, -0.1) is 0 Å². The van der Waals surface area contributed by atoms with Crippen LogP contribution >= 0.6 is 0 Å². The normalized spacial score (nSPS) is 11.9. The van der Waals surface area contributed by atoms with Crippen LogP contribution in [0.15, 0.2) is 24.3 Å². The van der Waals surface area contributed by atoms with E-state index >= 15 is 0 Å². The van der Waals surface area contributed by atoms with E-state index in [-0.39, 0.29) is 12.1 Å². The fourth-order valence-electron chi connectivity index (χ4n) is 1.46. The molecule has 0 saturated carbocycles. The molecule has 2 amide bonds. The summed E-state index contributed by atoms with van der Waals surface area (Å²) >= 11 is 0. The fraction of sp³-hybridized carbons (Fsp3) is 0.417. The van der Waals surface area contributed by atoms with E-state index in [1.807, 2.05) is 6.92 Å². The first-order chi connectivity index (χ1) is 7.61. The average Bonchev–Trinajstić information content (AvgIpc) is 2.21. The second-order valence-corrected chi connectivity index (χ2v) is 3.91. The van der Waals surface area contributed by atoms with Crippen LogP contribution in [0.1, 0.15) is 26.7 Å². The van der Waals surface area contributed by atoms with Crippen molar-refractivity contribution in [3.05, 3.63) is 24.3 Å². The highest BCUT2D eigenvalue weighted by atomic mass is 16.2. The van der Waals surface area contributed by atoms with Crippen LogP contribution in [0.25, 0.3) is 0 Å². The Morgan fingerprint density at radius 1 is 1.38 bits per heavy atom. The van der Waals surface area contributed by atoms with Crippen molar-refractivity contribution in [3.63, 3.8) is 0 Å². The molecule has 0 aromatic heterocycles. The van der Waals surface area contributed by atoms with Crippen molar-refractivity contribution in [1.82, 2.24) is 5.32 Å². The van der Waals surface area contributed by atoms with Crippen LogP contribution < -0.4 is 16.4 Å². The number of amides is 2. The first-order valence-electron chi connectivity index (χ1n) is 5.55. The molecule has 88 valence electrons. The van der Waals surface area contributed by atoms with Gasteiger partial charge in [0.15, 0.2) is 0 Å². The van der Waals surface area contributed by atoms with E-state index < -0.39 is 0 Å². The number of hydrogen-bond donors (Lipinski definition) is 3. The van der Waals surface area contributed by atoms with Crippen molar-refractivity contribution in [2.45, 2.75) is 32.7 Å². The maximum atomic E-state index is 11.5. The number of anilines is 2. The number of urea groups is 1. The number of hydrogen-bond acceptors (Lipinski definition) is 2. The Balaban J connectivity index is 2.42. The first kappa shape index (κ1) is 12.4. The monoisotopic (exact) mass is 221 g/mol. The maximum absolute atomic E-state index is 11.5. The lowest BCUT2D eigenvalue weighted by Gasteiger charge is -2.13. The van der Waals surface area contributed by atoms with E-state index in [0.717, 1.165) is 18.5 Å². The molecule has 4 heteroatoms. The lowest BCUT2D eigenvalue weighted by molar-refractivity contribution is 0.248.